The Hall–Kier alpha value is -1.43. The van der Waals surface area contributed by atoms with Crippen LogP contribution in [0, 0.1) is 11.8 Å². The SMILES string of the molecule is FC1(F)CCC(CN2C=CN(c3ccccc3Cl)C2C2CC(F)(F)C2)CC1. The molecule has 1 aliphatic heterocycles. The van der Waals surface area contributed by atoms with Crippen LogP contribution in [0.25, 0.3) is 0 Å². The summed E-state index contributed by atoms with van der Waals surface area (Å²) >= 11 is 6.34. The summed E-state index contributed by atoms with van der Waals surface area (Å²) < 4.78 is 54.0. The lowest BCUT2D eigenvalue weighted by Crippen LogP contribution is -2.53. The number of rotatable bonds is 4. The van der Waals surface area contributed by atoms with E-state index in [0.29, 0.717) is 24.4 Å². The van der Waals surface area contributed by atoms with E-state index in [2.05, 4.69) is 4.90 Å². The van der Waals surface area contributed by atoms with E-state index >= 15 is 0 Å². The normalized spacial score (nSPS) is 27.8. The van der Waals surface area contributed by atoms with Crippen LogP contribution in [0.4, 0.5) is 23.2 Å². The van der Waals surface area contributed by atoms with E-state index < -0.39 is 11.8 Å². The minimum absolute atomic E-state index is 0.0877. The fourth-order valence-electron chi connectivity index (χ4n) is 4.54. The van der Waals surface area contributed by atoms with Crippen LogP contribution in [0.3, 0.4) is 0 Å². The Morgan fingerprint density at radius 3 is 2.26 bits per heavy atom. The topological polar surface area (TPSA) is 6.48 Å². The van der Waals surface area contributed by atoms with E-state index in [-0.39, 0.29) is 43.7 Å². The van der Waals surface area contributed by atoms with Crippen molar-refractivity contribution in [1.29, 1.82) is 0 Å². The second-order valence-electron chi connectivity index (χ2n) is 8.09. The third-order valence-electron chi connectivity index (χ3n) is 6.02. The van der Waals surface area contributed by atoms with Crippen LogP contribution in [-0.4, -0.2) is 29.5 Å². The summed E-state index contributed by atoms with van der Waals surface area (Å²) in [5.41, 5.74) is 0.785. The summed E-state index contributed by atoms with van der Waals surface area (Å²) in [4.78, 5) is 4.01. The lowest BCUT2D eigenvalue weighted by Gasteiger charge is -2.46. The molecule has 1 heterocycles. The van der Waals surface area contributed by atoms with Crippen molar-refractivity contribution < 1.29 is 17.6 Å². The zero-order valence-electron chi connectivity index (χ0n) is 14.9. The molecule has 1 atom stereocenters. The standard InChI is InChI=1S/C20H23ClF4N2/c21-16-3-1-2-4-17(16)27-10-9-26(18(27)15-11-20(24,25)12-15)13-14-5-7-19(22,23)8-6-14/h1-4,9-10,14-15,18H,5-8,11-13H2. The molecule has 0 aromatic heterocycles. The van der Waals surface area contributed by atoms with Gasteiger partial charge in [-0.05, 0) is 30.9 Å². The molecule has 1 aromatic rings. The number of alkyl halides is 4. The maximum absolute atomic E-state index is 13.6. The molecule has 0 saturated heterocycles. The van der Waals surface area contributed by atoms with Gasteiger partial charge in [-0.1, -0.05) is 23.7 Å². The van der Waals surface area contributed by atoms with Gasteiger partial charge in [0.05, 0.1) is 10.7 Å². The van der Waals surface area contributed by atoms with Crippen LogP contribution in [0.15, 0.2) is 36.7 Å². The highest BCUT2D eigenvalue weighted by Gasteiger charge is 2.52. The van der Waals surface area contributed by atoms with E-state index in [1.54, 1.807) is 6.07 Å². The van der Waals surface area contributed by atoms with Crippen LogP contribution in [0.2, 0.25) is 5.02 Å². The van der Waals surface area contributed by atoms with Crippen LogP contribution >= 0.6 is 11.6 Å². The van der Waals surface area contributed by atoms with Crippen LogP contribution < -0.4 is 4.90 Å². The molecular weight excluding hydrogens is 380 g/mol. The second kappa shape index (κ2) is 6.87. The molecule has 2 fully saturated rings. The van der Waals surface area contributed by atoms with Gasteiger partial charge in [-0.15, -0.1) is 0 Å². The van der Waals surface area contributed by atoms with Gasteiger partial charge in [0, 0.05) is 50.5 Å². The van der Waals surface area contributed by atoms with E-state index in [1.807, 2.05) is 35.5 Å². The zero-order valence-corrected chi connectivity index (χ0v) is 15.7. The van der Waals surface area contributed by atoms with Gasteiger partial charge in [0.2, 0.25) is 11.8 Å². The van der Waals surface area contributed by atoms with Crippen molar-refractivity contribution in [3.63, 3.8) is 0 Å². The summed E-state index contributed by atoms with van der Waals surface area (Å²) in [5.74, 6) is -5.20. The third-order valence-corrected chi connectivity index (χ3v) is 6.34. The van der Waals surface area contributed by atoms with Gasteiger partial charge in [-0.25, -0.2) is 17.6 Å². The zero-order chi connectivity index (χ0) is 19.2. The highest BCUT2D eigenvalue weighted by atomic mass is 35.5. The molecule has 2 saturated carbocycles. The Labute approximate surface area is 161 Å². The minimum atomic E-state index is -2.61. The number of para-hydroxylation sites is 1. The van der Waals surface area contributed by atoms with Crippen LogP contribution in [0.5, 0.6) is 0 Å². The first-order chi connectivity index (χ1) is 12.7. The molecule has 0 spiro atoms. The molecule has 0 radical (unpaired) electrons. The number of hydrogen-bond donors (Lipinski definition) is 0. The summed E-state index contributed by atoms with van der Waals surface area (Å²) in [5, 5.41) is 0.567. The van der Waals surface area contributed by atoms with Gasteiger partial charge in [0.1, 0.15) is 6.17 Å². The van der Waals surface area contributed by atoms with Crippen molar-refractivity contribution in [2.24, 2.45) is 11.8 Å². The summed E-state index contributed by atoms with van der Waals surface area (Å²) in [6.45, 7) is 0.611. The van der Waals surface area contributed by atoms with Crippen LogP contribution in [0.1, 0.15) is 38.5 Å². The van der Waals surface area contributed by atoms with E-state index in [0.717, 1.165) is 5.69 Å². The fraction of sp³-hybridized carbons (Fsp3) is 0.600. The molecule has 2 aliphatic carbocycles. The molecule has 4 rings (SSSR count). The number of anilines is 1. The Morgan fingerprint density at radius 2 is 1.63 bits per heavy atom. The first-order valence-corrected chi connectivity index (χ1v) is 9.84. The van der Waals surface area contributed by atoms with E-state index in [9.17, 15) is 17.6 Å². The van der Waals surface area contributed by atoms with Crippen molar-refractivity contribution >= 4 is 17.3 Å². The molecule has 1 aromatic carbocycles. The van der Waals surface area contributed by atoms with E-state index in [1.165, 1.54) is 0 Å². The summed E-state index contributed by atoms with van der Waals surface area (Å²) in [6.07, 6.45) is 3.99. The van der Waals surface area contributed by atoms with Gasteiger partial charge >= 0.3 is 0 Å². The van der Waals surface area contributed by atoms with Gasteiger partial charge in [-0.2, -0.15) is 0 Å². The Balaban J connectivity index is 1.51. The lowest BCUT2D eigenvalue weighted by atomic mass is 9.78. The molecule has 7 heteroatoms. The number of benzene rings is 1. The first kappa shape index (κ1) is 18.9. The fourth-order valence-corrected chi connectivity index (χ4v) is 4.78. The maximum atomic E-state index is 13.6. The minimum Gasteiger partial charge on any atom is -0.355 e. The Kier molecular flexibility index (Phi) is 4.81. The van der Waals surface area contributed by atoms with Gasteiger partial charge < -0.3 is 9.80 Å². The molecule has 0 N–H and O–H groups in total. The molecule has 27 heavy (non-hydrogen) atoms. The highest BCUT2D eigenvalue weighted by molar-refractivity contribution is 6.33. The maximum Gasteiger partial charge on any atom is 0.249 e. The van der Waals surface area contributed by atoms with Crippen molar-refractivity contribution in [2.45, 2.75) is 56.5 Å². The summed E-state index contributed by atoms with van der Waals surface area (Å²) in [7, 11) is 0. The van der Waals surface area contributed by atoms with Crippen molar-refractivity contribution in [3.8, 4) is 0 Å². The van der Waals surface area contributed by atoms with Crippen LogP contribution in [-0.2, 0) is 0 Å². The van der Waals surface area contributed by atoms with Gasteiger partial charge in [-0.3, -0.25) is 0 Å². The monoisotopic (exact) mass is 402 g/mol. The Morgan fingerprint density at radius 1 is 0.963 bits per heavy atom. The average molecular weight is 403 g/mol. The highest BCUT2D eigenvalue weighted by Crippen LogP contribution is 2.49. The Bertz CT molecular complexity index is 706. The number of nitrogens with zero attached hydrogens (tertiary/aromatic N) is 2. The van der Waals surface area contributed by atoms with Crippen molar-refractivity contribution in [2.75, 3.05) is 11.4 Å². The molecular formula is C20H23ClF4N2. The molecule has 2 nitrogen and oxygen atoms in total. The molecule has 148 valence electrons. The molecule has 1 unspecified atom stereocenters. The van der Waals surface area contributed by atoms with E-state index in [4.69, 9.17) is 11.6 Å². The average Bonchev–Trinajstić information content (AvgIpc) is 2.98. The second-order valence-corrected chi connectivity index (χ2v) is 8.50. The predicted molar refractivity (Wildman–Crippen MR) is 98.1 cm³/mol. The summed E-state index contributed by atoms with van der Waals surface area (Å²) in [6, 6.07) is 7.36. The molecule has 0 bridgehead atoms. The first-order valence-electron chi connectivity index (χ1n) is 9.47. The van der Waals surface area contributed by atoms with Gasteiger partial charge in [0.25, 0.3) is 0 Å². The third kappa shape index (κ3) is 3.91. The largest absolute Gasteiger partial charge is 0.355 e. The van der Waals surface area contributed by atoms with Gasteiger partial charge in [0.15, 0.2) is 0 Å². The number of hydrogen-bond acceptors (Lipinski definition) is 2. The smallest absolute Gasteiger partial charge is 0.249 e. The lowest BCUT2D eigenvalue weighted by molar-refractivity contribution is -0.127. The number of halogens is 5. The molecule has 0 amide bonds. The quantitative estimate of drug-likeness (QED) is 0.559. The molecule has 3 aliphatic rings. The predicted octanol–water partition coefficient (Wildman–Crippen LogP) is 6.13. The van der Waals surface area contributed by atoms with Crippen molar-refractivity contribution in [1.82, 2.24) is 4.90 Å². The van der Waals surface area contributed by atoms with Crippen molar-refractivity contribution in [3.05, 3.63) is 41.7 Å².